The van der Waals surface area contributed by atoms with Crippen LogP contribution in [0, 0.1) is 0 Å². The van der Waals surface area contributed by atoms with E-state index in [-0.39, 0.29) is 5.97 Å². The van der Waals surface area contributed by atoms with Gasteiger partial charge in [0.15, 0.2) is 0 Å². The number of hydrogen-bond acceptors (Lipinski definition) is 2. The van der Waals surface area contributed by atoms with Crippen molar-refractivity contribution in [2.45, 2.75) is 20.8 Å². The lowest BCUT2D eigenvalue weighted by Crippen LogP contribution is -1.94. The fourth-order valence-corrected chi connectivity index (χ4v) is 0.286. The minimum absolute atomic E-state index is 0.263. The van der Waals surface area contributed by atoms with E-state index in [1.807, 2.05) is 6.92 Å². The van der Waals surface area contributed by atoms with Crippen molar-refractivity contribution in [1.82, 2.24) is 0 Å². The number of ether oxygens (including phenoxy) is 1. The van der Waals surface area contributed by atoms with Gasteiger partial charge in [0.2, 0.25) is 0 Å². The average Bonchev–Trinajstić information content (AvgIpc) is 1.65. The van der Waals surface area contributed by atoms with Gasteiger partial charge in [0.25, 0.3) is 0 Å². The van der Waals surface area contributed by atoms with Gasteiger partial charge in [0, 0.05) is 6.92 Å². The first-order valence-electron chi connectivity index (χ1n) is 2.48. The predicted molar refractivity (Wildman–Crippen MR) is 31.2 cm³/mol. The van der Waals surface area contributed by atoms with Crippen LogP contribution in [-0.4, -0.2) is 5.97 Å². The van der Waals surface area contributed by atoms with Crippen LogP contribution >= 0.6 is 0 Å². The fraction of sp³-hybridized carbons (Fsp3) is 0.500. The minimum Gasteiger partial charge on any atom is -0.432 e. The molecule has 2 nitrogen and oxygen atoms in total. The molecule has 0 radical (unpaired) electrons. The number of rotatable bonds is 1. The summed E-state index contributed by atoms with van der Waals surface area (Å²) in [4.78, 5) is 10.1. The van der Waals surface area contributed by atoms with Crippen LogP contribution in [0.5, 0.6) is 0 Å². The molecule has 8 heavy (non-hydrogen) atoms. The third-order valence-corrected chi connectivity index (χ3v) is 0.711. The highest BCUT2D eigenvalue weighted by atomic mass is 16.5. The van der Waals surface area contributed by atoms with E-state index in [2.05, 4.69) is 4.74 Å². The van der Waals surface area contributed by atoms with Gasteiger partial charge in [-0.3, -0.25) is 4.79 Å². The average molecular weight is 114 g/mol. The smallest absolute Gasteiger partial charge is 0.307 e. The Bertz CT molecular complexity index is 114. The Hall–Kier alpha value is -0.790. The third kappa shape index (κ3) is 3.40. The molecule has 0 unspecified atom stereocenters. The number of hydrogen-bond donors (Lipinski definition) is 0. The number of allylic oxidation sites excluding steroid dienone is 2. The molecule has 0 bridgehead atoms. The van der Waals surface area contributed by atoms with E-state index in [9.17, 15) is 4.79 Å². The van der Waals surface area contributed by atoms with Crippen molar-refractivity contribution in [1.29, 1.82) is 0 Å². The van der Waals surface area contributed by atoms with E-state index in [0.717, 1.165) is 0 Å². The predicted octanol–water partition coefficient (Wildman–Crippen LogP) is 1.47. The Kier molecular flexibility index (Phi) is 2.92. The van der Waals surface area contributed by atoms with Crippen molar-refractivity contribution in [3.05, 3.63) is 11.8 Å². The summed E-state index contributed by atoms with van der Waals surface area (Å²) in [5.41, 5.74) is 0. The summed E-state index contributed by atoms with van der Waals surface area (Å²) in [6.07, 6.45) is 1.74. The largest absolute Gasteiger partial charge is 0.432 e. The van der Waals surface area contributed by atoms with Crippen molar-refractivity contribution in [2.24, 2.45) is 0 Å². The quantitative estimate of drug-likeness (QED) is 0.381. The first-order valence-corrected chi connectivity index (χ1v) is 2.48. The van der Waals surface area contributed by atoms with Crippen LogP contribution in [0.4, 0.5) is 0 Å². The molecule has 0 aliphatic heterocycles. The van der Waals surface area contributed by atoms with Crippen molar-refractivity contribution >= 4 is 5.97 Å². The van der Waals surface area contributed by atoms with Crippen LogP contribution in [0.3, 0.4) is 0 Å². The highest BCUT2D eigenvalue weighted by molar-refractivity contribution is 5.67. The molecule has 0 aromatic carbocycles. The summed E-state index contributed by atoms with van der Waals surface area (Å²) in [6.45, 7) is 4.94. The number of esters is 1. The summed E-state index contributed by atoms with van der Waals surface area (Å²) in [5, 5.41) is 0. The number of carbonyl (C=O) groups excluding carboxylic acids is 1. The van der Waals surface area contributed by atoms with E-state index in [4.69, 9.17) is 0 Å². The van der Waals surface area contributed by atoms with Crippen LogP contribution in [0.2, 0.25) is 0 Å². The molecule has 0 heterocycles. The standard InChI is InChI=1S/C6H10O2/c1-4-5(2)8-6(3)7/h4H,1-3H3. The van der Waals surface area contributed by atoms with Gasteiger partial charge in [-0.1, -0.05) is 0 Å². The number of carbonyl (C=O) groups is 1. The molecular weight excluding hydrogens is 104 g/mol. The first kappa shape index (κ1) is 7.21. The van der Waals surface area contributed by atoms with E-state index < -0.39 is 0 Å². The van der Waals surface area contributed by atoms with E-state index in [0.29, 0.717) is 5.76 Å². The van der Waals surface area contributed by atoms with Crippen LogP contribution in [0.1, 0.15) is 20.8 Å². The summed E-state index contributed by atoms with van der Waals surface area (Å²) in [7, 11) is 0. The van der Waals surface area contributed by atoms with Gasteiger partial charge >= 0.3 is 5.97 Å². The van der Waals surface area contributed by atoms with Crippen LogP contribution in [0.15, 0.2) is 11.8 Å². The van der Waals surface area contributed by atoms with Crippen molar-refractivity contribution in [3.8, 4) is 0 Å². The molecule has 0 N–H and O–H groups in total. The maximum Gasteiger partial charge on any atom is 0.307 e. The van der Waals surface area contributed by atoms with Gasteiger partial charge in [0.05, 0.1) is 0 Å². The molecule has 0 aromatic heterocycles. The molecule has 0 saturated carbocycles. The normalized spacial score (nSPS) is 11.1. The summed E-state index contributed by atoms with van der Waals surface area (Å²) in [5.74, 6) is 0.387. The molecule has 0 fully saturated rings. The van der Waals surface area contributed by atoms with Crippen LogP contribution < -0.4 is 0 Å². The first-order chi connectivity index (χ1) is 3.66. The third-order valence-electron chi connectivity index (χ3n) is 0.711. The van der Waals surface area contributed by atoms with E-state index in [1.165, 1.54) is 6.92 Å². The van der Waals surface area contributed by atoms with E-state index >= 15 is 0 Å². The Labute approximate surface area is 49.1 Å². The van der Waals surface area contributed by atoms with E-state index in [1.54, 1.807) is 13.0 Å². The zero-order valence-corrected chi connectivity index (χ0v) is 5.39. The topological polar surface area (TPSA) is 26.3 Å². The highest BCUT2D eigenvalue weighted by Gasteiger charge is 1.90. The van der Waals surface area contributed by atoms with Gasteiger partial charge in [-0.25, -0.2) is 0 Å². The second-order valence-corrected chi connectivity index (χ2v) is 1.49. The van der Waals surface area contributed by atoms with Crippen LogP contribution in [-0.2, 0) is 9.53 Å². The molecule has 46 valence electrons. The maximum absolute atomic E-state index is 10.1. The highest BCUT2D eigenvalue weighted by Crippen LogP contribution is 1.92. The monoisotopic (exact) mass is 114 g/mol. The molecule has 2 heteroatoms. The fourth-order valence-electron chi connectivity index (χ4n) is 0.286. The van der Waals surface area contributed by atoms with Crippen molar-refractivity contribution in [3.63, 3.8) is 0 Å². The Balaban J connectivity index is 3.56. The molecular formula is C6H10O2. The lowest BCUT2D eigenvalue weighted by Gasteiger charge is -1.96. The molecule has 0 saturated heterocycles. The Morgan fingerprint density at radius 2 is 2.00 bits per heavy atom. The van der Waals surface area contributed by atoms with Crippen molar-refractivity contribution in [2.75, 3.05) is 0 Å². The Morgan fingerprint density at radius 3 is 2.12 bits per heavy atom. The second kappa shape index (κ2) is 3.24. The molecule has 0 spiro atoms. The van der Waals surface area contributed by atoms with Gasteiger partial charge in [-0.05, 0) is 19.9 Å². The summed E-state index contributed by atoms with van der Waals surface area (Å²) in [6, 6.07) is 0. The minimum atomic E-state index is -0.263. The van der Waals surface area contributed by atoms with Crippen molar-refractivity contribution < 1.29 is 9.53 Å². The zero-order chi connectivity index (χ0) is 6.57. The second-order valence-electron chi connectivity index (χ2n) is 1.49. The maximum atomic E-state index is 10.1. The molecule has 0 aliphatic carbocycles. The van der Waals surface area contributed by atoms with Gasteiger partial charge in [-0.2, -0.15) is 0 Å². The lowest BCUT2D eigenvalue weighted by molar-refractivity contribution is -0.136. The van der Waals surface area contributed by atoms with Gasteiger partial charge in [-0.15, -0.1) is 0 Å². The molecule has 0 aromatic rings. The molecule has 0 rings (SSSR count). The SMILES string of the molecule is CC=C(C)OC(C)=O. The van der Waals surface area contributed by atoms with Gasteiger partial charge < -0.3 is 4.74 Å². The summed E-state index contributed by atoms with van der Waals surface area (Å²) < 4.78 is 4.62. The zero-order valence-electron chi connectivity index (χ0n) is 5.39. The lowest BCUT2D eigenvalue weighted by atomic mass is 10.5. The van der Waals surface area contributed by atoms with Crippen LogP contribution in [0.25, 0.3) is 0 Å². The summed E-state index contributed by atoms with van der Waals surface area (Å²) >= 11 is 0. The molecule has 0 aliphatic rings. The molecule has 0 amide bonds. The van der Waals surface area contributed by atoms with Gasteiger partial charge in [0.1, 0.15) is 5.76 Å². The Morgan fingerprint density at radius 1 is 1.50 bits per heavy atom. The molecule has 0 atom stereocenters.